The van der Waals surface area contributed by atoms with E-state index in [1.165, 1.54) is 0 Å². The van der Waals surface area contributed by atoms with Crippen LogP contribution in [0.25, 0.3) is 0 Å². The van der Waals surface area contributed by atoms with Gasteiger partial charge in [0.15, 0.2) is 0 Å². The van der Waals surface area contributed by atoms with E-state index in [1.807, 2.05) is 19.9 Å². The fourth-order valence-corrected chi connectivity index (χ4v) is 1.19. The minimum Gasteiger partial charge on any atom is -0.508 e. The lowest BCUT2D eigenvalue weighted by Gasteiger charge is -2.05. The van der Waals surface area contributed by atoms with Crippen molar-refractivity contribution in [3.8, 4) is 5.75 Å². The number of benzene rings is 1. The highest BCUT2D eigenvalue weighted by atomic mass is 16.3. The van der Waals surface area contributed by atoms with Crippen LogP contribution in [-0.2, 0) is 0 Å². The summed E-state index contributed by atoms with van der Waals surface area (Å²) in [5, 5.41) is 18.0. The van der Waals surface area contributed by atoms with Gasteiger partial charge in [0.2, 0.25) is 0 Å². The summed E-state index contributed by atoms with van der Waals surface area (Å²) in [5.41, 5.74) is 2.87. The maximum Gasteiger partial charge on any atom is 0.118 e. The average Bonchev–Trinajstić information content (AvgIpc) is 2.18. The highest BCUT2D eigenvalue weighted by Crippen LogP contribution is 2.21. The molecule has 0 fully saturated rings. The first-order valence-electron chi connectivity index (χ1n) is 4.56. The van der Waals surface area contributed by atoms with Gasteiger partial charge in [-0.05, 0) is 42.7 Å². The maximum absolute atomic E-state index is 9.41. The molecule has 0 aromatic heterocycles. The molecule has 0 unspecified atom stereocenters. The van der Waals surface area contributed by atoms with Gasteiger partial charge >= 0.3 is 0 Å². The van der Waals surface area contributed by atoms with E-state index in [4.69, 9.17) is 5.11 Å². The lowest BCUT2D eigenvalue weighted by Crippen LogP contribution is -1.93. The molecule has 14 heavy (non-hydrogen) atoms. The van der Waals surface area contributed by atoms with Crippen LogP contribution in [-0.4, -0.2) is 29.6 Å². The van der Waals surface area contributed by atoms with Crippen LogP contribution < -0.4 is 0 Å². The number of aromatic hydroxyl groups is 1. The van der Waals surface area contributed by atoms with Crippen molar-refractivity contribution in [2.45, 2.75) is 13.8 Å². The maximum atomic E-state index is 9.41. The Kier molecular flexibility index (Phi) is 3.65. The first kappa shape index (κ1) is 10.7. The predicted molar refractivity (Wildman–Crippen MR) is 57.1 cm³/mol. The SMILES string of the molecule is Cc1c(O)ccc(C=NCCO)c1C. The zero-order chi connectivity index (χ0) is 10.6. The molecule has 1 aromatic carbocycles. The zero-order valence-corrected chi connectivity index (χ0v) is 8.49. The van der Waals surface area contributed by atoms with Crippen molar-refractivity contribution in [3.05, 3.63) is 28.8 Å². The van der Waals surface area contributed by atoms with Crippen LogP contribution in [0.3, 0.4) is 0 Å². The lowest BCUT2D eigenvalue weighted by atomic mass is 10.0. The van der Waals surface area contributed by atoms with Gasteiger partial charge in [-0.2, -0.15) is 0 Å². The number of aliphatic hydroxyl groups is 1. The van der Waals surface area contributed by atoms with Crippen molar-refractivity contribution in [1.82, 2.24) is 0 Å². The molecule has 0 saturated carbocycles. The second kappa shape index (κ2) is 4.77. The minimum atomic E-state index is 0.0621. The van der Waals surface area contributed by atoms with Crippen LogP contribution in [0.2, 0.25) is 0 Å². The highest BCUT2D eigenvalue weighted by molar-refractivity contribution is 5.82. The smallest absolute Gasteiger partial charge is 0.118 e. The van der Waals surface area contributed by atoms with Crippen molar-refractivity contribution in [2.24, 2.45) is 4.99 Å². The topological polar surface area (TPSA) is 52.8 Å². The molecule has 0 atom stereocenters. The van der Waals surface area contributed by atoms with Gasteiger partial charge in [0.05, 0.1) is 13.2 Å². The normalized spacial score (nSPS) is 11.1. The van der Waals surface area contributed by atoms with Gasteiger partial charge in [-0.15, -0.1) is 0 Å². The second-order valence-corrected chi connectivity index (χ2v) is 3.18. The molecule has 0 aliphatic rings. The molecule has 0 saturated heterocycles. The summed E-state index contributed by atoms with van der Waals surface area (Å²) in [6.07, 6.45) is 1.72. The van der Waals surface area contributed by atoms with Crippen molar-refractivity contribution in [3.63, 3.8) is 0 Å². The third-order valence-electron chi connectivity index (χ3n) is 2.26. The molecular formula is C11H15NO2. The molecule has 0 bridgehead atoms. The summed E-state index contributed by atoms with van der Waals surface area (Å²) in [5.74, 6) is 0.307. The molecule has 76 valence electrons. The van der Waals surface area contributed by atoms with E-state index < -0.39 is 0 Å². The van der Waals surface area contributed by atoms with Crippen LogP contribution in [0.4, 0.5) is 0 Å². The highest BCUT2D eigenvalue weighted by Gasteiger charge is 2.02. The third-order valence-corrected chi connectivity index (χ3v) is 2.26. The third kappa shape index (κ3) is 2.33. The van der Waals surface area contributed by atoms with Crippen molar-refractivity contribution < 1.29 is 10.2 Å². The largest absolute Gasteiger partial charge is 0.508 e. The molecular weight excluding hydrogens is 178 g/mol. The van der Waals surface area contributed by atoms with Crippen molar-refractivity contribution >= 4 is 6.21 Å². The molecule has 0 spiro atoms. The van der Waals surface area contributed by atoms with E-state index in [0.717, 1.165) is 16.7 Å². The van der Waals surface area contributed by atoms with E-state index >= 15 is 0 Å². The molecule has 0 aliphatic carbocycles. The van der Waals surface area contributed by atoms with E-state index in [2.05, 4.69) is 4.99 Å². The standard InChI is InChI=1S/C11H15NO2/c1-8-9(2)11(14)4-3-10(8)7-12-5-6-13/h3-4,7,13-14H,5-6H2,1-2H3. The van der Waals surface area contributed by atoms with E-state index in [0.29, 0.717) is 12.3 Å². The number of hydrogen-bond donors (Lipinski definition) is 2. The van der Waals surface area contributed by atoms with Crippen LogP contribution in [0.15, 0.2) is 17.1 Å². The Bertz CT molecular complexity index is 345. The van der Waals surface area contributed by atoms with E-state index in [9.17, 15) is 5.11 Å². The Labute approximate surface area is 83.7 Å². The summed E-state index contributed by atoms with van der Waals surface area (Å²) in [6.45, 7) is 4.29. The molecule has 0 aliphatic heterocycles. The van der Waals surface area contributed by atoms with E-state index in [1.54, 1.807) is 12.3 Å². The average molecular weight is 193 g/mol. The molecule has 0 amide bonds. The Hall–Kier alpha value is -1.35. The first-order chi connectivity index (χ1) is 6.66. The summed E-state index contributed by atoms with van der Waals surface area (Å²) < 4.78 is 0. The summed E-state index contributed by atoms with van der Waals surface area (Å²) in [6, 6.07) is 3.47. The molecule has 3 nitrogen and oxygen atoms in total. The van der Waals surface area contributed by atoms with E-state index in [-0.39, 0.29) is 6.61 Å². The van der Waals surface area contributed by atoms with Crippen LogP contribution in [0, 0.1) is 13.8 Å². The fraction of sp³-hybridized carbons (Fsp3) is 0.364. The van der Waals surface area contributed by atoms with Crippen LogP contribution >= 0.6 is 0 Å². The van der Waals surface area contributed by atoms with Gasteiger partial charge < -0.3 is 10.2 Å². The molecule has 0 heterocycles. The summed E-state index contributed by atoms with van der Waals surface area (Å²) in [7, 11) is 0. The minimum absolute atomic E-state index is 0.0621. The molecule has 1 rings (SSSR count). The van der Waals surface area contributed by atoms with Crippen molar-refractivity contribution in [1.29, 1.82) is 0 Å². The Morgan fingerprint density at radius 3 is 2.64 bits per heavy atom. The number of rotatable bonds is 3. The summed E-state index contributed by atoms with van der Waals surface area (Å²) in [4.78, 5) is 4.04. The zero-order valence-electron chi connectivity index (χ0n) is 8.49. The van der Waals surface area contributed by atoms with Crippen LogP contribution in [0.1, 0.15) is 16.7 Å². The monoisotopic (exact) mass is 193 g/mol. The van der Waals surface area contributed by atoms with Crippen molar-refractivity contribution in [2.75, 3.05) is 13.2 Å². The van der Waals surface area contributed by atoms with Gasteiger partial charge in [0.1, 0.15) is 5.75 Å². The number of phenolic OH excluding ortho intramolecular Hbond substituents is 1. The quantitative estimate of drug-likeness (QED) is 0.713. The lowest BCUT2D eigenvalue weighted by molar-refractivity contribution is 0.307. The molecule has 0 radical (unpaired) electrons. The first-order valence-corrected chi connectivity index (χ1v) is 4.56. The number of aliphatic hydroxyl groups excluding tert-OH is 1. The number of hydrogen-bond acceptors (Lipinski definition) is 3. The predicted octanol–water partition coefficient (Wildman–Crippen LogP) is 1.42. The summed E-state index contributed by atoms with van der Waals surface area (Å²) >= 11 is 0. The second-order valence-electron chi connectivity index (χ2n) is 3.18. The number of phenols is 1. The van der Waals surface area contributed by atoms with Gasteiger partial charge in [0.25, 0.3) is 0 Å². The Morgan fingerprint density at radius 1 is 1.29 bits per heavy atom. The fourth-order valence-electron chi connectivity index (χ4n) is 1.19. The van der Waals surface area contributed by atoms with Gasteiger partial charge in [-0.1, -0.05) is 0 Å². The molecule has 1 aromatic rings. The number of aliphatic imine (C=N–C) groups is 1. The number of nitrogens with zero attached hydrogens (tertiary/aromatic N) is 1. The Balaban J connectivity index is 2.94. The molecule has 3 heteroatoms. The molecule has 2 N–H and O–H groups in total. The van der Waals surface area contributed by atoms with Gasteiger partial charge in [-0.25, -0.2) is 0 Å². The van der Waals surface area contributed by atoms with Gasteiger partial charge in [-0.3, -0.25) is 4.99 Å². The Morgan fingerprint density at radius 2 is 2.00 bits per heavy atom. The van der Waals surface area contributed by atoms with Crippen LogP contribution in [0.5, 0.6) is 5.75 Å². The van der Waals surface area contributed by atoms with Gasteiger partial charge in [0, 0.05) is 6.21 Å².